The Kier molecular flexibility index (Phi) is 6.39. The van der Waals surface area contributed by atoms with Crippen LogP contribution in [0.5, 0.6) is 0 Å². The van der Waals surface area contributed by atoms with E-state index < -0.39 is 0 Å². The van der Waals surface area contributed by atoms with Gasteiger partial charge in [0.15, 0.2) is 5.11 Å². The normalized spacial score (nSPS) is 9.61. The van der Waals surface area contributed by atoms with Crippen LogP contribution in [-0.4, -0.2) is 17.6 Å². The molecule has 0 aliphatic rings. The Balaban J connectivity index is 2.35. The van der Waals surface area contributed by atoms with Gasteiger partial charge in [-0.05, 0) is 30.3 Å². The second kappa shape index (κ2) is 7.84. The van der Waals surface area contributed by atoms with Crippen LogP contribution in [0.25, 0.3) is 0 Å². The first-order chi connectivity index (χ1) is 8.63. The Hall–Kier alpha value is -1.39. The highest BCUT2D eigenvalue weighted by Crippen LogP contribution is 2.16. The first kappa shape index (κ1) is 14.7. The molecule has 0 radical (unpaired) electrons. The van der Waals surface area contributed by atoms with Crippen molar-refractivity contribution in [3.63, 3.8) is 0 Å². The third-order valence-electron chi connectivity index (χ3n) is 2.24. The van der Waals surface area contributed by atoms with Crippen LogP contribution in [0.2, 0.25) is 5.02 Å². The van der Waals surface area contributed by atoms with Crippen LogP contribution in [-0.2, 0) is 11.2 Å². The number of hydrogen-bond donors (Lipinski definition) is 2. The van der Waals surface area contributed by atoms with E-state index in [0.29, 0.717) is 29.5 Å². The third kappa shape index (κ3) is 5.29. The number of halogens is 1. The van der Waals surface area contributed by atoms with Crippen molar-refractivity contribution in [1.82, 2.24) is 10.6 Å². The molecule has 0 aromatic heterocycles. The molecule has 0 saturated carbocycles. The Morgan fingerprint density at radius 3 is 2.83 bits per heavy atom. The van der Waals surface area contributed by atoms with Gasteiger partial charge in [-0.2, -0.15) is 0 Å². The number of carbonyl (C=O) groups excluding carboxylic acids is 1. The molecule has 2 N–H and O–H groups in total. The minimum atomic E-state index is -0.128. The second-order valence-electron chi connectivity index (χ2n) is 3.64. The van der Waals surface area contributed by atoms with Crippen LogP contribution in [0.15, 0.2) is 36.9 Å². The molecule has 5 heteroatoms. The van der Waals surface area contributed by atoms with Gasteiger partial charge in [0.1, 0.15) is 0 Å². The first-order valence-electron chi connectivity index (χ1n) is 5.55. The number of benzene rings is 1. The number of hydrogen-bond acceptors (Lipinski definition) is 2. The van der Waals surface area contributed by atoms with Crippen LogP contribution in [0.4, 0.5) is 0 Å². The summed E-state index contributed by atoms with van der Waals surface area (Å²) >= 11 is 10.9. The lowest BCUT2D eigenvalue weighted by Gasteiger charge is -2.08. The molecule has 0 aliphatic heterocycles. The monoisotopic (exact) mass is 282 g/mol. The van der Waals surface area contributed by atoms with E-state index in [9.17, 15) is 4.79 Å². The van der Waals surface area contributed by atoms with Gasteiger partial charge < -0.3 is 10.6 Å². The molecular formula is C13H15ClN2OS. The molecule has 0 unspecified atom stereocenters. The molecule has 96 valence electrons. The summed E-state index contributed by atoms with van der Waals surface area (Å²) in [6.45, 7) is 4.08. The molecule has 0 spiro atoms. The van der Waals surface area contributed by atoms with Gasteiger partial charge in [0.05, 0.1) is 0 Å². The molecule has 0 atom stereocenters. The second-order valence-corrected chi connectivity index (χ2v) is 4.45. The fraction of sp³-hybridized carbons (Fsp3) is 0.231. The summed E-state index contributed by atoms with van der Waals surface area (Å²) in [5, 5.41) is 6.42. The Bertz CT molecular complexity index is 448. The molecule has 1 aromatic rings. The molecule has 0 fully saturated rings. The van der Waals surface area contributed by atoms with Gasteiger partial charge in [-0.15, -0.1) is 6.58 Å². The van der Waals surface area contributed by atoms with E-state index in [0.717, 1.165) is 5.56 Å². The largest absolute Gasteiger partial charge is 0.359 e. The zero-order valence-electron chi connectivity index (χ0n) is 9.91. The summed E-state index contributed by atoms with van der Waals surface area (Å²) in [5.41, 5.74) is 0.958. The molecule has 18 heavy (non-hydrogen) atoms. The number of aryl methyl sites for hydroxylation is 1. The summed E-state index contributed by atoms with van der Waals surface area (Å²) in [5.74, 6) is -0.128. The topological polar surface area (TPSA) is 41.1 Å². The van der Waals surface area contributed by atoms with Crippen molar-refractivity contribution in [1.29, 1.82) is 0 Å². The summed E-state index contributed by atoms with van der Waals surface area (Å²) < 4.78 is 0. The maximum atomic E-state index is 11.6. The molecule has 0 saturated heterocycles. The van der Waals surface area contributed by atoms with Crippen LogP contribution in [0, 0.1) is 0 Å². The van der Waals surface area contributed by atoms with Crippen LogP contribution in [0.3, 0.4) is 0 Å². The van der Waals surface area contributed by atoms with Crippen molar-refractivity contribution in [3.8, 4) is 0 Å². The molecule has 0 heterocycles. The molecule has 3 nitrogen and oxygen atoms in total. The standard InChI is InChI=1S/C13H15ClN2OS/c1-2-9-15-13(18)16-12(17)8-7-10-5-3-4-6-11(10)14/h2-6H,1,7-9H2,(H2,15,16,17,18). The lowest BCUT2D eigenvalue weighted by molar-refractivity contribution is -0.119. The molecule has 1 aromatic carbocycles. The minimum Gasteiger partial charge on any atom is -0.359 e. The third-order valence-corrected chi connectivity index (χ3v) is 2.85. The van der Waals surface area contributed by atoms with E-state index in [-0.39, 0.29) is 5.91 Å². The average Bonchev–Trinajstić information content (AvgIpc) is 2.35. The van der Waals surface area contributed by atoms with E-state index in [1.807, 2.05) is 24.3 Å². The number of amides is 1. The number of rotatable bonds is 5. The van der Waals surface area contributed by atoms with E-state index in [1.165, 1.54) is 0 Å². The van der Waals surface area contributed by atoms with Gasteiger partial charge in [0.25, 0.3) is 0 Å². The van der Waals surface area contributed by atoms with Gasteiger partial charge in [0.2, 0.25) is 5.91 Å². The number of nitrogens with one attached hydrogen (secondary N) is 2. The van der Waals surface area contributed by atoms with Crippen LogP contribution < -0.4 is 10.6 Å². The van der Waals surface area contributed by atoms with Crippen molar-refractivity contribution in [2.45, 2.75) is 12.8 Å². The van der Waals surface area contributed by atoms with Gasteiger partial charge >= 0.3 is 0 Å². The molecule has 1 amide bonds. The SMILES string of the molecule is C=CCNC(=S)NC(=O)CCc1ccccc1Cl. The van der Waals surface area contributed by atoms with Crippen molar-refractivity contribution >= 4 is 34.8 Å². The predicted octanol–water partition coefficient (Wildman–Crippen LogP) is 2.45. The molecular weight excluding hydrogens is 268 g/mol. The number of thiocarbonyl (C=S) groups is 1. The summed E-state index contributed by atoms with van der Waals surface area (Å²) in [4.78, 5) is 11.6. The smallest absolute Gasteiger partial charge is 0.226 e. The maximum Gasteiger partial charge on any atom is 0.226 e. The Labute approximate surface area is 117 Å². The zero-order chi connectivity index (χ0) is 13.4. The quantitative estimate of drug-likeness (QED) is 0.644. The number of carbonyl (C=O) groups is 1. The fourth-order valence-corrected chi connectivity index (χ4v) is 1.77. The van der Waals surface area contributed by atoms with E-state index in [4.69, 9.17) is 23.8 Å². The van der Waals surface area contributed by atoms with Crippen LogP contribution >= 0.6 is 23.8 Å². The molecule has 0 bridgehead atoms. The minimum absolute atomic E-state index is 0.128. The highest BCUT2D eigenvalue weighted by Gasteiger charge is 2.06. The molecule has 1 rings (SSSR count). The summed E-state index contributed by atoms with van der Waals surface area (Å²) in [6, 6.07) is 7.48. The predicted molar refractivity (Wildman–Crippen MR) is 78.7 cm³/mol. The Morgan fingerprint density at radius 2 is 2.17 bits per heavy atom. The van der Waals surface area contributed by atoms with Crippen molar-refractivity contribution in [2.24, 2.45) is 0 Å². The van der Waals surface area contributed by atoms with Gasteiger partial charge in [0, 0.05) is 18.0 Å². The summed E-state index contributed by atoms with van der Waals surface area (Å²) in [7, 11) is 0. The first-order valence-corrected chi connectivity index (χ1v) is 6.34. The molecule has 0 aliphatic carbocycles. The van der Waals surface area contributed by atoms with Gasteiger partial charge in [-0.3, -0.25) is 4.79 Å². The highest BCUT2D eigenvalue weighted by molar-refractivity contribution is 7.80. The van der Waals surface area contributed by atoms with Gasteiger partial charge in [-0.1, -0.05) is 35.9 Å². The maximum absolute atomic E-state index is 11.6. The Morgan fingerprint density at radius 1 is 1.44 bits per heavy atom. The lowest BCUT2D eigenvalue weighted by Crippen LogP contribution is -2.39. The fourth-order valence-electron chi connectivity index (χ4n) is 1.35. The van der Waals surface area contributed by atoms with Gasteiger partial charge in [-0.25, -0.2) is 0 Å². The van der Waals surface area contributed by atoms with Crippen molar-refractivity contribution < 1.29 is 4.79 Å². The lowest BCUT2D eigenvalue weighted by atomic mass is 10.1. The van der Waals surface area contributed by atoms with E-state index in [1.54, 1.807) is 6.08 Å². The zero-order valence-corrected chi connectivity index (χ0v) is 11.5. The highest BCUT2D eigenvalue weighted by atomic mass is 35.5. The van der Waals surface area contributed by atoms with E-state index in [2.05, 4.69) is 17.2 Å². The van der Waals surface area contributed by atoms with Crippen molar-refractivity contribution in [3.05, 3.63) is 47.5 Å². The van der Waals surface area contributed by atoms with E-state index >= 15 is 0 Å². The average molecular weight is 283 g/mol. The van der Waals surface area contributed by atoms with Crippen molar-refractivity contribution in [2.75, 3.05) is 6.54 Å². The summed E-state index contributed by atoms with van der Waals surface area (Å²) in [6.07, 6.45) is 2.61. The van der Waals surface area contributed by atoms with Crippen LogP contribution in [0.1, 0.15) is 12.0 Å².